The van der Waals surface area contributed by atoms with Gasteiger partial charge in [-0.05, 0) is 57.0 Å². The van der Waals surface area contributed by atoms with Crippen LogP contribution in [0.4, 0.5) is 11.4 Å². The molecule has 3 heteroatoms. The fraction of sp³-hybridized carbons (Fsp3) is 0.205. The Morgan fingerprint density at radius 2 is 1.10 bits per heavy atom. The molecule has 1 aliphatic carbocycles. The Morgan fingerprint density at radius 1 is 0.619 bits per heavy atom. The van der Waals surface area contributed by atoms with Crippen LogP contribution < -0.4 is 9.80 Å². The van der Waals surface area contributed by atoms with Crippen LogP contribution >= 0.6 is 0 Å². The molecule has 1 saturated heterocycles. The molecule has 1 heterocycles. The first-order valence-electron chi connectivity index (χ1n) is 14.8. The Kier molecular flexibility index (Phi) is 8.25. The summed E-state index contributed by atoms with van der Waals surface area (Å²) in [5, 5.41) is 2.77. The van der Waals surface area contributed by atoms with E-state index in [1.165, 1.54) is 50.0 Å². The van der Waals surface area contributed by atoms with E-state index in [-0.39, 0.29) is 12.1 Å². The first-order chi connectivity index (χ1) is 20.5. The molecule has 0 spiro atoms. The summed E-state index contributed by atoms with van der Waals surface area (Å²) in [6.45, 7) is 11.6. The molecule has 0 aromatic heterocycles. The number of hydrogen-bond acceptors (Lipinski definition) is 2. The van der Waals surface area contributed by atoms with Crippen LogP contribution in [0, 0.1) is 6.67 Å². The molecule has 42 heavy (non-hydrogen) atoms. The monoisotopic (exact) mass is 635 g/mol. The summed E-state index contributed by atoms with van der Waals surface area (Å²) in [6.07, 6.45) is 1.93. The van der Waals surface area contributed by atoms with E-state index in [9.17, 15) is 0 Å². The minimum atomic E-state index is 0.256. The molecule has 2 nitrogen and oxygen atoms in total. The molecule has 2 aliphatic rings. The molecule has 1 aliphatic heterocycles. The standard InChI is InChI=1S/C31H31N2.C8H6.Ru/c1-20(2)23-13-5-7-17-27(23)32-19-33(28-18-8-6-14-24(28)21(3)4)31-26-16-10-12-22-11-9-15-25(29(22)26)30(31)32;1-2-8-6-4-3-5-7-8;/h5-21,30-31H,1-4H3;2-7H;/q-1;;+1/t30-,31-;;/m1../s1. The van der Waals surface area contributed by atoms with Crippen molar-refractivity contribution in [1.82, 2.24) is 0 Å². The van der Waals surface area contributed by atoms with Crippen LogP contribution in [0.1, 0.15) is 79.4 Å². The number of nitrogens with zero attached hydrogens (tertiary/aromatic N) is 2. The van der Waals surface area contributed by atoms with E-state index in [0.29, 0.717) is 11.8 Å². The van der Waals surface area contributed by atoms with Gasteiger partial charge in [-0.3, -0.25) is 0 Å². The number of benzene rings is 5. The normalized spacial score (nSPS) is 16.8. The number of para-hydroxylation sites is 2. The van der Waals surface area contributed by atoms with Crippen molar-refractivity contribution in [2.75, 3.05) is 9.80 Å². The second kappa shape index (κ2) is 12.2. The second-order valence-corrected chi connectivity index (χ2v) is 12.2. The van der Waals surface area contributed by atoms with Gasteiger partial charge in [-0.25, -0.2) is 0 Å². The molecule has 5 aromatic rings. The number of rotatable bonds is 5. The van der Waals surface area contributed by atoms with Gasteiger partial charge in [-0.15, -0.1) is 0 Å². The number of anilines is 2. The number of hydrogen-bond donors (Lipinski definition) is 0. The number of fused-ring (bicyclic) bond motifs is 3. The van der Waals surface area contributed by atoms with Crippen molar-refractivity contribution in [1.29, 1.82) is 0 Å². The van der Waals surface area contributed by atoms with Crippen LogP contribution in [0.5, 0.6) is 0 Å². The molecule has 5 aromatic carbocycles. The third-order valence-corrected chi connectivity index (χ3v) is 8.70. The SMILES string of the molecule is CC(C)c1ccccc1N1[CH-]N(c2ccccc2C(C)C)[C@@H]2c3cccc4cccc(c34)[C@H]21.[Ru+]=[C]=Cc1ccccc1. The van der Waals surface area contributed by atoms with Crippen LogP contribution in [0.2, 0.25) is 0 Å². The van der Waals surface area contributed by atoms with Gasteiger partial charge in [-0.1, -0.05) is 100 Å². The first kappa shape index (κ1) is 28.4. The summed E-state index contributed by atoms with van der Waals surface area (Å²) in [6, 6.07) is 42.1. The van der Waals surface area contributed by atoms with Gasteiger partial charge in [0.1, 0.15) is 0 Å². The van der Waals surface area contributed by atoms with Crippen LogP contribution in [-0.4, -0.2) is 4.26 Å². The Morgan fingerprint density at radius 3 is 1.57 bits per heavy atom. The van der Waals surface area contributed by atoms with Crippen molar-refractivity contribution in [3.63, 3.8) is 0 Å². The molecule has 0 N–H and O–H groups in total. The van der Waals surface area contributed by atoms with E-state index < -0.39 is 0 Å². The predicted molar refractivity (Wildman–Crippen MR) is 176 cm³/mol. The minimum absolute atomic E-state index is 0.256. The molecular weight excluding hydrogens is 598 g/mol. The molecule has 0 saturated carbocycles. The van der Waals surface area contributed by atoms with Crippen LogP contribution in [0.25, 0.3) is 16.8 Å². The molecule has 0 bridgehead atoms. The van der Waals surface area contributed by atoms with Crippen molar-refractivity contribution in [3.05, 3.63) is 150 Å². The fourth-order valence-electron chi connectivity index (χ4n) is 6.57. The van der Waals surface area contributed by atoms with Crippen molar-refractivity contribution < 1.29 is 17.9 Å². The molecule has 211 valence electrons. The second-order valence-electron chi connectivity index (χ2n) is 11.7. The summed E-state index contributed by atoms with van der Waals surface area (Å²) in [5.74, 6) is 0.925. The summed E-state index contributed by atoms with van der Waals surface area (Å²) >= 11 is 2.34. The van der Waals surface area contributed by atoms with Gasteiger partial charge >= 0.3 is 64.1 Å². The van der Waals surface area contributed by atoms with Crippen molar-refractivity contribution >= 4 is 32.5 Å². The van der Waals surface area contributed by atoms with E-state index in [0.717, 1.165) is 0 Å². The maximum absolute atomic E-state index is 2.89. The maximum atomic E-state index is 2.89. The average Bonchev–Trinajstić information content (AvgIpc) is 3.56. The molecule has 2 atom stereocenters. The Labute approximate surface area is 260 Å². The van der Waals surface area contributed by atoms with E-state index in [4.69, 9.17) is 0 Å². The van der Waals surface area contributed by atoms with E-state index in [2.05, 4.69) is 151 Å². The van der Waals surface area contributed by atoms with Gasteiger partial charge in [0.05, 0.1) is 12.1 Å². The van der Waals surface area contributed by atoms with E-state index >= 15 is 0 Å². The third kappa shape index (κ3) is 5.17. The van der Waals surface area contributed by atoms with Gasteiger partial charge in [0.25, 0.3) is 0 Å². The first-order valence-corrected chi connectivity index (χ1v) is 15.7. The zero-order valence-electron chi connectivity index (χ0n) is 24.7. The zero-order chi connectivity index (χ0) is 29.2. The Balaban J connectivity index is 0.000000302. The van der Waals surface area contributed by atoms with Gasteiger partial charge < -0.3 is 9.80 Å². The predicted octanol–water partition coefficient (Wildman–Crippen LogP) is 9.98. The summed E-state index contributed by atoms with van der Waals surface area (Å²) in [5.41, 5.74) is 9.49. The Bertz CT molecular complexity index is 1650. The van der Waals surface area contributed by atoms with Gasteiger partial charge in [0.2, 0.25) is 0 Å². The average molecular weight is 635 g/mol. The van der Waals surface area contributed by atoms with Crippen LogP contribution in [0.15, 0.2) is 115 Å². The van der Waals surface area contributed by atoms with Gasteiger partial charge in [0, 0.05) is 11.4 Å². The third-order valence-electron chi connectivity index (χ3n) is 8.44. The quantitative estimate of drug-likeness (QED) is 0.140. The van der Waals surface area contributed by atoms with Gasteiger partial charge in [0.15, 0.2) is 0 Å². The Hall–Kier alpha value is -3.77. The molecule has 7 rings (SSSR count). The summed E-state index contributed by atoms with van der Waals surface area (Å²) < 4.78 is 2.89. The molecule has 0 unspecified atom stereocenters. The van der Waals surface area contributed by atoms with Crippen molar-refractivity contribution in [2.24, 2.45) is 0 Å². The van der Waals surface area contributed by atoms with Crippen molar-refractivity contribution in [3.8, 4) is 0 Å². The molecule has 1 fully saturated rings. The van der Waals surface area contributed by atoms with Crippen molar-refractivity contribution in [2.45, 2.75) is 51.6 Å². The molecule has 0 amide bonds. The van der Waals surface area contributed by atoms with Crippen LogP contribution in [0.3, 0.4) is 0 Å². The summed E-state index contributed by atoms with van der Waals surface area (Å²) in [4.78, 5) is 5.10. The zero-order valence-corrected chi connectivity index (χ0v) is 26.4. The molecular formula is C39H37N2Ru. The summed E-state index contributed by atoms with van der Waals surface area (Å²) in [7, 11) is 0. The topological polar surface area (TPSA) is 6.48 Å². The molecule has 0 radical (unpaired) electrons. The van der Waals surface area contributed by atoms with Crippen LogP contribution in [-0.2, 0) is 17.9 Å². The van der Waals surface area contributed by atoms with E-state index in [1.807, 2.05) is 36.4 Å². The van der Waals surface area contributed by atoms with Gasteiger partial charge in [-0.2, -0.15) is 6.67 Å². The fourth-order valence-corrected chi connectivity index (χ4v) is 6.86. The van der Waals surface area contributed by atoms with E-state index in [1.54, 1.807) is 0 Å².